The Balaban J connectivity index is 4.45. The predicted octanol–water partition coefficient (Wildman–Crippen LogP) is 2.49. The lowest BCUT2D eigenvalue weighted by Crippen LogP contribution is -2.47. The van der Waals surface area contributed by atoms with Crippen LogP contribution in [0.15, 0.2) is 0 Å². The molecule has 0 aliphatic rings. The van der Waals surface area contributed by atoms with Crippen LogP contribution in [0, 0.1) is 5.92 Å². The lowest BCUT2D eigenvalue weighted by molar-refractivity contribution is -0.147. The smallest absolute Gasteiger partial charge is 0.408 e. The van der Waals surface area contributed by atoms with Crippen molar-refractivity contribution in [2.24, 2.45) is 5.92 Å². The topological polar surface area (TPSA) is 64.6 Å². The molecule has 0 saturated heterocycles. The van der Waals surface area contributed by atoms with E-state index in [1.54, 1.807) is 20.8 Å². The number of carbonyl (C=O) groups excluding carboxylic acids is 2. The van der Waals surface area contributed by atoms with E-state index in [0.29, 0.717) is 6.61 Å². The molecule has 1 N–H and O–H groups in total. The monoisotopic (exact) mass is 259 g/mol. The van der Waals surface area contributed by atoms with Gasteiger partial charge in [-0.15, -0.1) is 0 Å². The Morgan fingerprint density at radius 3 is 2.17 bits per heavy atom. The molecule has 0 saturated carbocycles. The molecule has 0 aromatic heterocycles. The molecule has 5 heteroatoms. The highest BCUT2D eigenvalue weighted by Gasteiger charge is 2.27. The highest BCUT2D eigenvalue weighted by molar-refractivity contribution is 5.81. The average Bonchev–Trinajstić information content (AvgIpc) is 2.19. The first-order chi connectivity index (χ1) is 8.17. The normalized spacial score (nSPS) is 13.1. The summed E-state index contributed by atoms with van der Waals surface area (Å²) in [5.41, 5.74) is -0.584. The van der Waals surface area contributed by atoms with Crippen LogP contribution in [-0.4, -0.2) is 30.3 Å². The molecule has 0 bridgehead atoms. The molecule has 0 aromatic rings. The molecule has 18 heavy (non-hydrogen) atoms. The molecular formula is C13H25NO4. The van der Waals surface area contributed by atoms with Crippen molar-refractivity contribution in [1.82, 2.24) is 5.32 Å². The first kappa shape index (κ1) is 16.7. The van der Waals surface area contributed by atoms with Crippen molar-refractivity contribution in [3.63, 3.8) is 0 Å². The van der Waals surface area contributed by atoms with Crippen LogP contribution in [0.3, 0.4) is 0 Å². The Kier molecular flexibility index (Phi) is 6.73. The third kappa shape index (κ3) is 7.14. The van der Waals surface area contributed by atoms with E-state index in [4.69, 9.17) is 9.47 Å². The van der Waals surface area contributed by atoms with Gasteiger partial charge in [0, 0.05) is 0 Å². The molecule has 0 aliphatic carbocycles. The molecule has 0 fully saturated rings. The van der Waals surface area contributed by atoms with Crippen LogP contribution in [-0.2, 0) is 14.3 Å². The zero-order chi connectivity index (χ0) is 14.3. The Hall–Kier alpha value is -1.26. The third-order valence-corrected chi connectivity index (χ3v) is 2.04. The maximum atomic E-state index is 11.8. The molecule has 0 spiro atoms. The predicted molar refractivity (Wildman–Crippen MR) is 69.2 cm³/mol. The Bertz CT molecular complexity index is 281. The fourth-order valence-electron chi connectivity index (χ4n) is 1.22. The Labute approximate surface area is 109 Å². The van der Waals surface area contributed by atoms with Crippen LogP contribution in [0.4, 0.5) is 4.79 Å². The van der Waals surface area contributed by atoms with Gasteiger partial charge < -0.3 is 14.8 Å². The zero-order valence-electron chi connectivity index (χ0n) is 12.2. The summed E-state index contributed by atoms with van der Waals surface area (Å²) in [6, 6.07) is -0.675. The number of esters is 1. The minimum atomic E-state index is -0.675. The van der Waals surface area contributed by atoms with Gasteiger partial charge in [-0.2, -0.15) is 0 Å². The van der Waals surface area contributed by atoms with Gasteiger partial charge in [-0.25, -0.2) is 9.59 Å². The summed E-state index contributed by atoms with van der Waals surface area (Å²) in [5, 5.41) is 2.55. The first-order valence-corrected chi connectivity index (χ1v) is 6.33. The molecule has 0 aliphatic heterocycles. The molecule has 5 nitrogen and oxygen atoms in total. The van der Waals surface area contributed by atoms with Crippen molar-refractivity contribution in [3.05, 3.63) is 0 Å². The fourth-order valence-corrected chi connectivity index (χ4v) is 1.22. The van der Waals surface area contributed by atoms with Gasteiger partial charge in [-0.1, -0.05) is 20.8 Å². The first-order valence-electron chi connectivity index (χ1n) is 6.33. The second kappa shape index (κ2) is 7.24. The number of hydrogen-bond donors (Lipinski definition) is 1. The standard InChI is InChI=1S/C13H25NO4/c1-7-8-17-11(15)10(9(2)3)14-12(16)18-13(4,5)6/h9-10H,7-8H2,1-6H3,(H,14,16)/t10-/m0/s1. The summed E-state index contributed by atoms with van der Waals surface area (Å²) >= 11 is 0. The van der Waals surface area contributed by atoms with Gasteiger partial charge in [-0.05, 0) is 33.1 Å². The number of hydrogen-bond acceptors (Lipinski definition) is 4. The molecule has 0 radical (unpaired) electrons. The van der Waals surface area contributed by atoms with E-state index in [1.807, 2.05) is 20.8 Å². The van der Waals surface area contributed by atoms with E-state index in [-0.39, 0.29) is 5.92 Å². The average molecular weight is 259 g/mol. The van der Waals surface area contributed by atoms with Crippen LogP contribution in [0.1, 0.15) is 48.0 Å². The lowest BCUT2D eigenvalue weighted by atomic mass is 10.1. The minimum Gasteiger partial charge on any atom is -0.464 e. The van der Waals surface area contributed by atoms with Crippen molar-refractivity contribution < 1.29 is 19.1 Å². The molecule has 0 aromatic carbocycles. The highest BCUT2D eigenvalue weighted by atomic mass is 16.6. The minimum absolute atomic E-state index is 0.0538. The molecule has 0 heterocycles. The van der Waals surface area contributed by atoms with E-state index in [9.17, 15) is 9.59 Å². The summed E-state index contributed by atoms with van der Waals surface area (Å²) in [4.78, 5) is 23.4. The van der Waals surface area contributed by atoms with Gasteiger partial charge in [0.05, 0.1) is 6.61 Å². The van der Waals surface area contributed by atoms with Gasteiger partial charge in [0.2, 0.25) is 0 Å². The summed E-state index contributed by atoms with van der Waals surface area (Å²) in [6.07, 6.45) is 0.151. The number of rotatable bonds is 5. The van der Waals surface area contributed by atoms with Gasteiger partial charge in [0.25, 0.3) is 0 Å². The van der Waals surface area contributed by atoms with Gasteiger partial charge >= 0.3 is 12.1 Å². The molecule has 0 rings (SSSR count). The summed E-state index contributed by atoms with van der Waals surface area (Å²) in [6.45, 7) is 11.3. The summed E-state index contributed by atoms with van der Waals surface area (Å²) < 4.78 is 10.2. The fraction of sp³-hybridized carbons (Fsp3) is 0.846. The maximum Gasteiger partial charge on any atom is 0.408 e. The van der Waals surface area contributed by atoms with Gasteiger partial charge in [0.15, 0.2) is 0 Å². The molecule has 1 atom stereocenters. The number of carbonyl (C=O) groups is 2. The van der Waals surface area contributed by atoms with E-state index in [2.05, 4.69) is 5.32 Å². The van der Waals surface area contributed by atoms with Crippen molar-refractivity contribution in [2.75, 3.05) is 6.61 Å². The van der Waals surface area contributed by atoms with Crippen LogP contribution in [0.2, 0.25) is 0 Å². The quantitative estimate of drug-likeness (QED) is 0.770. The van der Waals surface area contributed by atoms with Gasteiger partial charge in [0.1, 0.15) is 11.6 Å². The van der Waals surface area contributed by atoms with Crippen molar-refractivity contribution in [3.8, 4) is 0 Å². The van der Waals surface area contributed by atoms with Crippen LogP contribution < -0.4 is 5.32 Å². The Morgan fingerprint density at radius 2 is 1.78 bits per heavy atom. The van der Waals surface area contributed by atoms with Gasteiger partial charge in [-0.3, -0.25) is 0 Å². The van der Waals surface area contributed by atoms with Crippen molar-refractivity contribution >= 4 is 12.1 Å². The van der Waals surface area contributed by atoms with Crippen LogP contribution >= 0.6 is 0 Å². The van der Waals surface area contributed by atoms with Crippen molar-refractivity contribution in [2.45, 2.75) is 59.6 Å². The van der Waals surface area contributed by atoms with E-state index < -0.39 is 23.7 Å². The maximum absolute atomic E-state index is 11.8. The molecule has 1 amide bonds. The number of alkyl carbamates (subject to hydrolysis) is 1. The third-order valence-electron chi connectivity index (χ3n) is 2.04. The highest BCUT2D eigenvalue weighted by Crippen LogP contribution is 2.09. The lowest BCUT2D eigenvalue weighted by Gasteiger charge is -2.24. The van der Waals surface area contributed by atoms with E-state index >= 15 is 0 Å². The van der Waals surface area contributed by atoms with E-state index in [1.165, 1.54) is 0 Å². The molecular weight excluding hydrogens is 234 g/mol. The molecule has 106 valence electrons. The summed E-state index contributed by atoms with van der Waals surface area (Å²) in [7, 11) is 0. The van der Waals surface area contributed by atoms with E-state index in [0.717, 1.165) is 6.42 Å². The Morgan fingerprint density at radius 1 is 1.22 bits per heavy atom. The van der Waals surface area contributed by atoms with Crippen molar-refractivity contribution in [1.29, 1.82) is 0 Å². The number of amides is 1. The number of nitrogens with one attached hydrogen (secondary N) is 1. The largest absolute Gasteiger partial charge is 0.464 e. The molecule has 0 unspecified atom stereocenters. The second-order valence-corrected chi connectivity index (χ2v) is 5.54. The van der Waals surface area contributed by atoms with Crippen LogP contribution in [0.5, 0.6) is 0 Å². The zero-order valence-corrected chi connectivity index (χ0v) is 12.2. The SMILES string of the molecule is CCCOC(=O)[C@@H](NC(=O)OC(C)(C)C)C(C)C. The summed E-state index contributed by atoms with van der Waals surface area (Å²) in [5.74, 6) is -0.473. The van der Waals surface area contributed by atoms with Crippen LogP contribution in [0.25, 0.3) is 0 Å². The second-order valence-electron chi connectivity index (χ2n) is 5.54. The number of ether oxygens (including phenoxy) is 2.